The second-order valence-electron chi connectivity index (χ2n) is 6.64. The Balaban J connectivity index is 1.86. The highest BCUT2D eigenvalue weighted by Gasteiger charge is 2.69. The number of urea groups is 1. The van der Waals surface area contributed by atoms with Crippen LogP contribution in [0.4, 0.5) is 23.7 Å². The van der Waals surface area contributed by atoms with E-state index in [1.165, 1.54) is 12.1 Å². The molecular weight excluding hydrogens is 387 g/mol. The van der Waals surface area contributed by atoms with Crippen molar-refractivity contribution in [1.82, 2.24) is 10.6 Å². The number of carbonyl (C=O) groups excluding carboxylic acids is 3. The summed E-state index contributed by atoms with van der Waals surface area (Å²) in [6, 6.07) is 13.5. The minimum absolute atomic E-state index is 0.0136. The number of carbonyl (C=O) groups is 3. The van der Waals surface area contributed by atoms with E-state index in [2.05, 4.69) is 0 Å². The third-order valence-corrected chi connectivity index (χ3v) is 4.61. The SMILES string of the molecule is Cc1ccccc1N1C(=O)N[C@@](NC(=O)CCc2ccccc2)(C(F)(F)F)C1=O. The Kier molecular flexibility index (Phi) is 5.32. The lowest BCUT2D eigenvalue weighted by molar-refractivity contribution is -0.201. The predicted octanol–water partition coefficient (Wildman–Crippen LogP) is 3.06. The normalized spacial score (nSPS) is 19.2. The number of anilines is 1. The van der Waals surface area contributed by atoms with Gasteiger partial charge in [-0.1, -0.05) is 48.5 Å². The molecule has 1 fully saturated rings. The number of para-hydroxylation sites is 1. The van der Waals surface area contributed by atoms with Gasteiger partial charge in [0, 0.05) is 6.42 Å². The number of hydrogen-bond acceptors (Lipinski definition) is 3. The highest BCUT2D eigenvalue weighted by atomic mass is 19.4. The van der Waals surface area contributed by atoms with Crippen LogP contribution < -0.4 is 15.5 Å². The molecule has 9 heteroatoms. The van der Waals surface area contributed by atoms with Crippen molar-refractivity contribution in [2.24, 2.45) is 0 Å². The lowest BCUT2D eigenvalue weighted by Gasteiger charge is -2.30. The van der Waals surface area contributed by atoms with Crippen LogP contribution in [0.2, 0.25) is 0 Å². The van der Waals surface area contributed by atoms with Gasteiger partial charge < -0.3 is 5.32 Å². The van der Waals surface area contributed by atoms with E-state index in [-0.39, 0.29) is 18.5 Å². The molecule has 0 aromatic heterocycles. The van der Waals surface area contributed by atoms with E-state index in [0.717, 1.165) is 5.56 Å². The topological polar surface area (TPSA) is 78.5 Å². The summed E-state index contributed by atoms with van der Waals surface area (Å²) >= 11 is 0. The maximum atomic E-state index is 13.9. The van der Waals surface area contributed by atoms with Gasteiger partial charge in [0.1, 0.15) is 0 Å². The summed E-state index contributed by atoms with van der Waals surface area (Å²) < 4.78 is 41.6. The Hall–Kier alpha value is -3.36. The van der Waals surface area contributed by atoms with Crippen LogP contribution in [-0.4, -0.2) is 29.7 Å². The van der Waals surface area contributed by atoms with Gasteiger partial charge in [0.2, 0.25) is 5.91 Å². The van der Waals surface area contributed by atoms with E-state index < -0.39 is 29.7 Å². The molecule has 2 N–H and O–H groups in total. The van der Waals surface area contributed by atoms with Crippen LogP contribution in [0.5, 0.6) is 0 Å². The van der Waals surface area contributed by atoms with Gasteiger partial charge in [0.05, 0.1) is 5.69 Å². The summed E-state index contributed by atoms with van der Waals surface area (Å²) in [5, 5.41) is 3.36. The van der Waals surface area contributed by atoms with E-state index >= 15 is 0 Å². The second-order valence-corrected chi connectivity index (χ2v) is 6.64. The number of halogens is 3. The van der Waals surface area contributed by atoms with Crippen LogP contribution in [0, 0.1) is 6.92 Å². The first kappa shape index (κ1) is 20.4. The van der Waals surface area contributed by atoms with Gasteiger partial charge in [-0.15, -0.1) is 0 Å². The molecule has 4 amide bonds. The van der Waals surface area contributed by atoms with Crippen molar-refractivity contribution < 1.29 is 27.6 Å². The Morgan fingerprint density at radius 3 is 2.31 bits per heavy atom. The largest absolute Gasteiger partial charge is 0.440 e. The van der Waals surface area contributed by atoms with Gasteiger partial charge in [0.15, 0.2) is 0 Å². The van der Waals surface area contributed by atoms with Crippen LogP contribution in [0.15, 0.2) is 54.6 Å². The van der Waals surface area contributed by atoms with Gasteiger partial charge in [-0.25, -0.2) is 9.69 Å². The van der Waals surface area contributed by atoms with Gasteiger partial charge >= 0.3 is 12.2 Å². The summed E-state index contributed by atoms with van der Waals surface area (Å²) in [5.74, 6) is -2.61. The Morgan fingerprint density at radius 1 is 1.07 bits per heavy atom. The molecule has 0 spiro atoms. The quantitative estimate of drug-likeness (QED) is 0.751. The third kappa shape index (κ3) is 3.80. The van der Waals surface area contributed by atoms with Crippen molar-refractivity contribution in [3.8, 4) is 0 Å². The minimum atomic E-state index is -5.24. The number of nitrogens with one attached hydrogen (secondary N) is 2. The number of hydrogen-bond donors (Lipinski definition) is 2. The fourth-order valence-electron chi connectivity index (χ4n) is 3.08. The van der Waals surface area contributed by atoms with Crippen molar-refractivity contribution in [3.05, 3.63) is 65.7 Å². The monoisotopic (exact) mass is 405 g/mol. The molecule has 0 unspecified atom stereocenters. The molecule has 1 aliphatic heterocycles. The molecule has 3 rings (SSSR count). The summed E-state index contributed by atoms with van der Waals surface area (Å²) in [7, 11) is 0. The zero-order valence-electron chi connectivity index (χ0n) is 15.4. The number of amides is 4. The Labute approximate surface area is 164 Å². The average Bonchev–Trinajstić information content (AvgIpc) is 2.92. The van der Waals surface area contributed by atoms with Gasteiger partial charge in [-0.3, -0.25) is 14.9 Å². The summed E-state index contributed by atoms with van der Waals surface area (Å²) in [4.78, 5) is 37.7. The number of alkyl halides is 3. The van der Waals surface area contributed by atoms with Crippen LogP contribution >= 0.6 is 0 Å². The number of nitrogens with zero attached hydrogens (tertiary/aromatic N) is 1. The lowest BCUT2D eigenvalue weighted by atomic mass is 10.1. The second kappa shape index (κ2) is 7.57. The molecule has 6 nitrogen and oxygen atoms in total. The summed E-state index contributed by atoms with van der Waals surface area (Å²) in [5.41, 5.74) is -2.31. The maximum Gasteiger partial charge on any atom is 0.440 e. The maximum absolute atomic E-state index is 13.9. The van der Waals surface area contributed by atoms with Gasteiger partial charge in [0.25, 0.3) is 11.6 Å². The van der Waals surface area contributed by atoms with E-state index in [4.69, 9.17) is 0 Å². The number of benzene rings is 2. The van der Waals surface area contributed by atoms with Gasteiger partial charge in [-0.05, 0) is 30.5 Å². The van der Waals surface area contributed by atoms with Crippen molar-refractivity contribution in [3.63, 3.8) is 0 Å². The van der Waals surface area contributed by atoms with Crippen LogP contribution in [0.1, 0.15) is 17.5 Å². The van der Waals surface area contributed by atoms with E-state index in [9.17, 15) is 27.6 Å². The zero-order valence-corrected chi connectivity index (χ0v) is 15.4. The number of imide groups is 1. The molecule has 1 atom stereocenters. The molecule has 2 aromatic carbocycles. The molecule has 0 radical (unpaired) electrons. The first-order valence-electron chi connectivity index (χ1n) is 8.80. The molecule has 2 aromatic rings. The molecule has 0 bridgehead atoms. The van der Waals surface area contributed by atoms with E-state index in [0.29, 0.717) is 10.5 Å². The lowest BCUT2D eigenvalue weighted by Crippen LogP contribution is -2.69. The van der Waals surface area contributed by atoms with Crippen LogP contribution in [-0.2, 0) is 16.0 Å². The number of aryl methyl sites for hydroxylation is 2. The molecule has 1 aliphatic rings. The minimum Gasteiger partial charge on any atom is -0.318 e. The highest BCUT2D eigenvalue weighted by Crippen LogP contribution is 2.36. The average molecular weight is 405 g/mol. The molecule has 0 saturated carbocycles. The first-order valence-corrected chi connectivity index (χ1v) is 8.80. The van der Waals surface area contributed by atoms with Gasteiger partial charge in [-0.2, -0.15) is 13.2 Å². The first-order chi connectivity index (χ1) is 13.7. The third-order valence-electron chi connectivity index (χ3n) is 4.61. The molecular formula is C20H18F3N3O3. The highest BCUT2D eigenvalue weighted by molar-refractivity contribution is 6.24. The van der Waals surface area contributed by atoms with Crippen LogP contribution in [0.25, 0.3) is 0 Å². The number of rotatable bonds is 5. The standard InChI is InChI=1S/C20H18F3N3O3/c1-13-7-5-6-10-15(13)26-17(28)19(20(21,22)23,25-18(26)29)24-16(27)12-11-14-8-3-2-4-9-14/h2-10H,11-12H2,1H3,(H,24,27)(H,25,29)/t19-/m1/s1. The Bertz CT molecular complexity index is 947. The summed E-state index contributed by atoms with van der Waals surface area (Å²) in [6.07, 6.45) is -5.33. The molecule has 0 aliphatic carbocycles. The fraction of sp³-hybridized carbons (Fsp3) is 0.250. The van der Waals surface area contributed by atoms with E-state index in [1.807, 2.05) is 0 Å². The van der Waals surface area contributed by atoms with E-state index in [1.54, 1.807) is 60.0 Å². The fourth-order valence-corrected chi connectivity index (χ4v) is 3.08. The van der Waals surface area contributed by atoms with Crippen molar-refractivity contribution in [1.29, 1.82) is 0 Å². The van der Waals surface area contributed by atoms with Crippen molar-refractivity contribution in [2.45, 2.75) is 31.6 Å². The zero-order chi connectivity index (χ0) is 21.2. The summed E-state index contributed by atoms with van der Waals surface area (Å²) in [6.45, 7) is 1.56. The molecule has 1 heterocycles. The molecule has 29 heavy (non-hydrogen) atoms. The predicted molar refractivity (Wildman–Crippen MR) is 98.9 cm³/mol. The smallest absolute Gasteiger partial charge is 0.318 e. The Morgan fingerprint density at radius 2 is 1.69 bits per heavy atom. The molecule has 152 valence electrons. The van der Waals surface area contributed by atoms with Crippen LogP contribution in [0.3, 0.4) is 0 Å². The van der Waals surface area contributed by atoms with Crippen molar-refractivity contribution >= 4 is 23.5 Å². The van der Waals surface area contributed by atoms with Crippen molar-refractivity contribution in [2.75, 3.05) is 4.90 Å². The molecule has 1 saturated heterocycles.